The Labute approximate surface area is 131 Å². The van der Waals surface area contributed by atoms with E-state index in [9.17, 15) is 15.2 Å². The molecule has 2 aromatic rings. The number of ether oxygens (including phenoxy) is 2. The average Bonchev–Trinajstić information content (AvgIpc) is 3.07. The van der Waals surface area contributed by atoms with E-state index in [0.717, 1.165) is 0 Å². The van der Waals surface area contributed by atoms with Crippen LogP contribution >= 0.6 is 11.3 Å². The summed E-state index contributed by atoms with van der Waals surface area (Å²) in [5.41, 5.74) is 0.519. The summed E-state index contributed by atoms with van der Waals surface area (Å²) in [6.07, 6.45) is 1.44. The molecule has 1 N–H and O–H groups in total. The molecule has 0 saturated carbocycles. The number of nitriles is 1. The van der Waals surface area contributed by atoms with Gasteiger partial charge in [-0.2, -0.15) is 5.26 Å². The summed E-state index contributed by atoms with van der Waals surface area (Å²) in [5, 5.41) is 20.9. The number of phenols is 1. The minimum Gasteiger partial charge on any atom is -0.502 e. The van der Waals surface area contributed by atoms with Crippen LogP contribution in [0.15, 0.2) is 35.2 Å². The molecule has 1 aromatic carbocycles. The van der Waals surface area contributed by atoms with Gasteiger partial charge >= 0.3 is 0 Å². The van der Waals surface area contributed by atoms with Crippen LogP contribution < -0.4 is 9.47 Å². The fraction of sp³-hybridized carbons (Fsp3) is 0.125. The van der Waals surface area contributed by atoms with Crippen molar-refractivity contribution in [2.24, 2.45) is 0 Å². The minimum absolute atomic E-state index is 0.00255. The van der Waals surface area contributed by atoms with E-state index in [1.54, 1.807) is 17.5 Å². The van der Waals surface area contributed by atoms with Gasteiger partial charge < -0.3 is 14.6 Å². The number of benzene rings is 1. The lowest BCUT2D eigenvalue weighted by Crippen LogP contribution is -1.99. The van der Waals surface area contributed by atoms with Crippen LogP contribution in [0.1, 0.15) is 15.2 Å². The quantitative estimate of drug-likeness (QED) is 0.520. The Bertz CT molecular complexity index is 732. The van der Waals surface area contributed by atoms with E-state index in [-0.39, 0.29) is 28.6 Å². The molecule has 1 heterocycles. The van der Waals surface area contributed by atoms with Gasteiger partial charge in [0.05, 0.1) is 19.1 Å². The van der Waals surface area contributed by atoms with Gasteiger partial charge in [-0.15, -0.1) is 11.3 Å². The zero-order valence-electron chi connectivity index (χ0n) is 12.0. The van der Waals surface area contributed by atoms with E-state index in [1.165, 1.54) is 43.8 Å². The Morgan fingerprint density at radius 1 is 1.32 bits per heavy atom. The molecular weight excluding hydrogens is 302 g/mol. The molecule has 0 aliphatic rings. The highest BCUT2D eigenvalue weighted by molar-refractivity contribution is 7.12. The molecule has 2 rings (SSSR count). The number of hydrogen-bond donors (Lipinski definition) is 1. The first-order valence-electron chi connectivity index (χ1n) is 6.25. The smallest absolute Gasteiger partial charge is 0.213 e. The molecule has 1 aromatic heterocycles. The number of aromatic hydroxyl groups is 1. The van der Waals surface area contributed by atoms with Crippen molar-refractivity contribution >= 4 is 23.2 Å². The average molecular weight is 315 g/mol. The molecule has 0 spiro atoms. The number of hydrogen-bond acceptors (Lipinski definition) is 6. The summed E-state index contributed by atoms with van der Waals surface area (Å²) >= 11 is 1.27. The summed E-state index contributed by atoms with van der Waals surface area (Å²) in [5.74, 6) is -0.0772. The maximum atomic E-state index is 12.2. The van der Waals surface area contributed by atoms with Crippen LogP contribution in [-0.2, 0) is 0 Å². The number of phenolic OH excluding ortho intramolecular Hbond substituents is 1. The topological polar surface area (TPSA) is 79.5 Å². The number of rotatable bonds is 5. The van der Waals surface area contributed by atoms with E-state index >= 15 is 0 Å². The molecule has 0 saturated heterocycles. The first kappa shape index (κ1) is 15.6. The molecule has 112 valence electrons. The van der Waals surface area contributed by atoms with Crippen molar-refractivity contribution in [3.8, 4) is 23.3 Å². The lowest BCUT2D eigenvalue weighted by molar-refractivity contribution is 0.104. The summed E-state index contributed by atoms with van der Waals surface area (Å²) < 4.78 is 10.1. The molecule has 0 aliphatic carbocycles. The Balaban J connectivity index is 2.46. The maximum Gasteiger partial charge on any atom is 0.213 e. The number of carbonyl (C=O) groups excluding carboxylic acids is 1. The molecule has 0 aliphatic heterocycles. The number of methoxy groups -OCH3 is 2. The van der Waals surface area contributed by atoms with E-state index in [2.05, 4.69) is 0 Å². The standard InChI is InChI=1S/C16H13NO4S/c1-20-12-7-10(8-13(21-2)16(12)19)6-11(9-17)15(18)14-4-3-5-22-14/h3-8,19H,1-2H3/b11-6+. The Hall–Kier alpha value is -2.78. The number of allylic oxidation sites excluding steroid dienone is 1. The molecule has 0 unspecified atom stereocenters. The normalized spacial score (nSPS) is 10.9. The lowest BCUT2D eigenvalue weighted by atomic mass is 10.1. The van der Waals surface area contributed by atoms with Crippen molar-refractivity contribution in [3.05, 3.63) is 45.7 Å². The van der Waals surface area contributed by atoms with E-state index in [4.69, 9.17) is 9.47 Å². The van der Waals surface area contributed by atoms with Crippen molar-refractivity contribution in [2.45, 2.75) is 0 Å². The van der Waals surface area contributed by atoms with Gasteiger partial charge in [-0.05, 0) is 35.2 Å². The minimum atomic E-state index is -0.344. The molecular formula is C16H13NO4S. The highest BCUT2D eigenvalue weighted by atomic mass is 32.1. The van der Waals surface area contributed by atoms with Crippen LogP contribution in [0.25, 0.3) is 6.08 Å². The highest BCUT2D eigenvalue weighted by Crippen LogP contribution is 2.37. The van der Waals surface area contributed by atoms with Crippen LogP contribution in [-0.4, -0.2) is 25.1 Å². The Kier molecular flexibility index (Phi) is 4.81. The summed E-state index contributed by atoms with van der Waals surface area (Å²) in [6, 6.07) is 8.36. The molecule has 0 amide bonds. The molecule has 0 fully saturated rings. The van der Waals surface area contributed by atoms with Crippen molar-refractivity contribution in [3.63, 3.8) is 0 Å². The molecule has 0 bridgehead atoms. The van der Waals surface area contributed by atoms with Crippen molar-refractivity contribution in [1.82, 2.24) is 0 Å². The van der Waals surface area contributed by atoms with Crippen molar-refractivity contribution < 1.29 is 19.4 Å². The van der Waals surface area contributed by atoms with Gasteiger partial charge in [-0.3, -0.25) is 4.79 Å². The van der Waals surface area contributed by atoms with Crippen LogP contribution in [0.3, 0.4) is 0 Å². The van der Waals surface area contributed by atoms with Crippen molar-refractivity contribution in [2.75, 3.05) is 14.2 Å². The molecule has 5 nitrogen and oxygen atoms in total. The third-order valence-corrected chi connectivity index (χ3v) is 3.79. The second-order valence-electron chi connectivity index (χ2n) is 4.25. The zero-order valence-corrected chi connectivity index (χ0v) is 12.8. The number of Topliss-reactive ketones (excluding diaryl/α,β-unsaturated/α-hetero) is 1. The SMILES string of the molecule is COc1cc(/C=C(\C#N)C(=O)c2cccs2)cc(OC)c1O. The van der Waals surface area contributed by atoms with E-state index in [1.807, 2.05) is 6.07 Å². The molecule has 0 atom stereocenters. The van der Waals surface area contributed by atoms with E-state index < -0.39 is 0 Å². The number of nitrogens with zero attached hydrogens (tertiary/aromatic N) is 1. The fourth-order valence-electron chi connectivity index (χ4n) is 1.85. The van der Waals surface area contributed by atoms with Gasteiger partial charge in [0.15, 0.2) is 11.5 Å². The van der Waals surface area contributed by atoms with Crippen LogP contribution in [0.5, 0.6) is 17.2 Å². The number of thiophene rings is 1. The number of ketones is 1. The van der Waals surface area contributed by atoms with E-state index in [0.29, 0.717) is 10.4 Å². The largest absolute Gasteiger partial charge is 0.502 e. The van der Waals surface area contributed by atoms with Gasteiger partial charge in [0, 0.05) is 0 Å². The van der Waals surface area contributed by atoms with Gasteiger partial charge in [0.2, 0.25) is 11.5 Å². The lowest BCUT2D eigenvalue weighted by Gasteiger charge is -2.09. The molecule has 0 radical (unpaired) electrons. The van der Waals surface area contributed by atoms with Crippen molar-refractivity contribution in [1.29, 1.82) is 5.26 Å². The highest BCUT2D eigenvalue weighted by Gasteiger charge is 2.15. The first-order chi connectivity index (χ1) is 10.6. The first-order valence-corrected chi connectivity index (χ1v) is 7.13. The molecule has 22 heavy (non-hydrogen) atoms. The van der Waals surface area contributed by atoms with Gasteiger partial charge in [0.25, 0.3) is 0 Å². The predicted molar refractivity (Wildman–Crippen MR) is 83.5 cm³/mol. The summed E-state index contributed by atoms with van der Waals surface area (Å²) in [4.78, 5) is 12.7. The second kappa shape index (κ2) is 6.78. The summed E-state index contributed by atoms with van der Waals surface area (Å²) in [6.45, 7) is 0. The zero-order chi connectivity index (χ0) is 16.1. The maximum absolute atomic E-state index is 12.2. The van der Waals surface area contributed by atoms with Crippen LogP contribution in [0.2, 0.25) is 0 Å². The Morgan fingerprint density at radius 3 is 2.41 bits per heavy atom. The van der Waals surface area contributed by atoms with Crippen LogP contribution in [0.4, 0.5) is 0 Å². The van der Waals surface area contributed by atoms with Gasteiger partial charge in [-0.25, -0.2) is 0 Å². The van der Waals surface area contributed by atoms with Crippen LogP contribution in [0, 0.1) is 11.3 Å². The third kappa shape index (κ3) is 3.10. The monoisotopic (exact) mass is 315 g/mol. The second-order valence-corrected chi connectivity index (χ2v) is 5.20. The van der Waals surface area contributed by atoms with Gasteiger partial charge in [0.1, 0.15) is 11.6 Å². The predicted octanol–water partition coefficient (Wildman–Crippen LogP) is 3.26. The third-order valence-electron chi connectivity index (χ3n) is 2.92. The fourth-order valence-corrected chi connectivity index (χ4v) is 2.53. The Morgan fingerprint density at radius 2 is 1.95 bits per heavy atom. The summed E-state index contributed by atoms with van der Waals surface area (Å²) in [7, 11) is 2.81. The molecule has 6 heteroatoms. The number of carbonyl (C=O) groups is 1. The van der Waals surface area contributed by atoms with Gasteiger partial charge in [-0.1, -0.05) is 6.07 Å².